The van der Waals surface area contributed by atoms with Crippen LogP contribution < -0.4 is 10.6 Å². The number of benzene rings is 2. The smallest absolute Gasteiger partial charge is 0.355 e. The third kappa shape index (κ3) is 3.87. The first-order valence-corrected chi connectivity index (χ1v) is 9.68. The number of ether oxygens (including phenoxy) is 2. The Hall–Kier alpha value is -4.65. The van der Waals surface area contributed by atoms with Crippen molar-refractivity contribution in [3.05, 3.63) is 92.4 Å². The van der Waals surface area contributed by atoms with E-state index in [1.165, 1.54) is 25.1 Å². The number of hydrogen-bond donors (Lipinski definition) is 1. The lowest BCUT2D eigenvalue weighted by molar-refractivity contribution is -0.385. The molecule has 33 heavy (non-hydrogen) atoms. The van der Waals surface area contributed by atoms with Crippen molar-refractivity contribution in [2.75, 3.05) is 19.1 Å². The summed E-state index contributed by atoms with van der Waals surface area (Å²) in [4.78, 5) is 38.1. The van der Waals surface area contributed by atoms with E-state index in [4.69, 9.17) is 15.2 Å². The summed E-state index contributed by atoms with van der Waals surface area (Å²) >= 11 is 0. The Kier molecular flexibility index (Phi) is 6.44. The van der Waals surface area contributed by atoms with Crippen LogP contribution >= 0.6 is 0 Å². The van der Waals surface area contributed by atoms with Gasteiger partial charge in [0.15, 0.2) is 0 Å². The molecular weight excluding hydrogens is 428 g/mol. The van der Waals surface area contributed by atoms with Crippen LogP contribution in [0.5, 0.6) is 0 Å². The Balaban J connectivity index is 2.46. The summed E-state index contributed by atoms with van der Waals surface area (Å²) in [5, 5.41) is 21.5. The van der Waals surface area contributed by atoms with E-state index in [2.05, 4.69) is 0 Å². The zero-order chi connectivity index (χ0) is 24.3. The monoisotopic (exact) mass is 448 g/mol. The number of nitrogens with zero attached hydrogens (tertiary/aromatic N) is 3. The lowest BCUT2D eigenvalue weighted by Crippen LogP contribution is -2.41. The highest BCUT2D eigenvalue weighted by atomic mass is 16.6. The fraction of sp³-hybridized carbons (Fsp3) is 0.174. The molecule has 0 amide bonds. The van der Waals surface area contributed by atoms with Gasteiger partial charge in [-0.15, -0.1) is 0 Å². The summed E-state index contributed by atoms with van der Waals surface area (Å²) in [6, 6.07) is 14.8. The number of nitro benzene ring substituents is 1. The van der Waals surface area contributed by atoms with Crippen molar-refractivity contribution in [1.29, 1.82) is 5.26 Å². The maximum Gasteiger partial charge on any atom is 0.355 e. The van der Waals surface area contributed by atoms with E-state index in [0.717, 1.165) is 19.1 Å². The molecular formula is C23H20N4O6. The van der Waals surface area contributed by atoms with Crippen molar-refractivity contribution >= 4 is 23.3 Å². The largest absolute Gasteiger partial charge is 0.466 e. The second-order valence-electron chi connectivity index (χ2n) is 7.01. The van der Waals surface area contributed by atoms with Crippen LogP contribution in [0.1, 0.15) is 17.0 Å². The van der Waals surface area contributed by atoms with E-state index in [9.17, 15) is 25.0 Å². The van der Waals surface area contributed by atoms with E-state index in [1.807, 2.05) is 6.07 Å². The number of nitrogens with two attached hydrogens (primary N) is 1. The predicted molar refractivity (Wildman–Crippen MR) is 117 cm³/mol. The van der Waals surface area contributed by atoms with E-state index in [1.54, 1.807) is 30.3 Å². The maximum atomic E-state index is 13.0. The highest BCUT2D eigenvalue weighted by molar-refractivity contribution is 6.06. The zero-order valence-corrected chi connectivity index (χ0v) is 18.1. The van der Waals surface area contributed by atoms with Crippen LogP contribution in [0.15, 0.2) is 71.2 Å². The van der Waals surface area contributed by atoms with Crippen LogP contribution in [0, 0.1) is 28.4 Å². The fourth-order valence-electron chi connectivity index (χ4n) is 3.82. The molecule has 1 heterocycles. The summed E-state index contributed by atoms with van der Waals surface area (Å²) in [6.07, 6.45) is 0. The summed E-state index contributed by atoms with van der Waals surface area (Å²) in [5.74, 6) is -2.99. The summed E-state index contributed by atoms with van der Waals surface area (Å²) in [5.41, 5.74) is 6.51. The van der Waals surface area contributed by atoms with Gasteiger partial charge in [0.1, 0.15) is 11.5 Å². The Morgan fingerprint density at radius 1 is 1.09 bits per heavy atom. The quantitative estimate of drug-likeness (QED) is 0.414. The maximum absolute atomic E-state index is 13.0. The van der Waals surface area contributed by atoms with Crippen molar-refractivity contribution in [3.8, 4) is 6.07 Å². The Bertz CT molecular complexity index is 1240. The molecule has 1 unspecified atom stereocenters. The number of rotatable bonds is 5. The molecule has 2 aromatic carbocycles. The van der Waals surface area contributed by atoms with Crippen molar-refractivity contribution in [3.63, 3.8) is 0 Å². The minimum Gasteiger partial charge on any atom is -0.466 e. The number of anilines is 1. The van der Waals surface area contributed by atoms with E-state index >= 15 is 0 Å². The molecule has 1 aliphatic rings. The minimum absolute atomic E-state index is 0.0276. The first-order chi connectivity index (χ1) is 15.8. The second-order valence-corrected chi connectivity index (χ2v) is 7.01. The van der Waals surface area contributed by atoms with Gasteiger partial charge in [-0.25, -0.2) is 9.59 Å². The van der Waals surface area contributed by atoms with Crippen molar-refractivity contribution in [1.82, 2.24) is 0 Å². The van der Waals surface area contributed by atoms with Gasteiger partial charge in [0, 0.05) is 6.07 Å². The van der Waals surface area contributed by atoms with E-state index in [-0.39, 0.29) is 39.6 Å². The van der Waals surface area contributed by atoms with Gasteiger partial charge in [-0.3, -0.25) is 15.0 Å². The normalized spacial score (nSPS) is 15.7. The minimum atomic E-state index is -1.02. The van der Waals surface area contributed by atoms with Crippen molar-refractivity contribution in [2.45, 2.75) is 12.8 Å². The molecule has 0 saturated heterocycles. The molecule has 10 nitrogen and oxygen atoms in total. The van der Waals surface area contributed by atoms with Gasteiger partial charge < -0.3 is 15.2 Å². The van der Waals surface area contributed by atoms with E-state index < -0.39 is 22.8 Å². The Labute approximate surface area is 189 Å². The lowest BCUT2D eigenvalue weighted by Gasteiger charge is -2.36. The van der Waals surface area contributed by atoms with Crippen LogP contribution in [0.2, 0.25) is 0 Å². The third-order valence-corrected chi connectivity index (χ3v) is 5.32. The van der Waals surface area contributed by atoms with Gasteiger partial charge in [0.2, 0.25) is 0 Å². The fourth-order valence-corrected chi connectivity index (χ4v) is 3.82. The van der Waals surface area contributed by atoms with Gasteiger partial charge in [-0.2, -0.15) is 5.26 Å². The van der Waals surface area contributed by atoms with Gasteiger partial charge in [0.05, 0.1) is 53.5 Å². The first-order valence-electron chi connectivity index (χ1n) is 9.68. The van der Waals surface area contributed by atoms with Crippen molar-refractivity contribution in [2.24, 2.45) is 5.73 Å². The summed E-state index contributed by atoms with van der Waals surface area (Å²) < 4.78 is 9.90. The molecule has 10 heteroatoms. The molecule has 0 saturated carbocycles. The number of allylic oxidation sites excluding steroid dienone is 1. The van der Waals surface area contributed by atoms with Crippen LogP contribution in [0.3, 0.4) is 0 Å². The number of esters is 2. The molecule has 0 aliphatic carbocycles. The summed E-state index contributed by atoms with van der Waals surface area (Å²) in [7, 11) is 2.27. The Morgan fingerprint density at radius 2 is 1.73 bits per heavy atom. The van der Waals surface area contributed by atoms with Gasteiger partial charge in [0.25, 0.3) is 5.69 Å². The number of nitriles is 1. The molecule has 1 aliphatic heterocycles. The first kappa shape index (κ1) is 23.0. The third-order valence-electron chi connectivity index (χ3n) is 5.32. The molecule has 1 atom stereocenters. The molecule has 0 aromatic heterocycles. The average Bonchev–Trinajstić information content (AvgIpc) is 2.83. The number of carbonyl (C=O) groups excluding carboxylic acids is 2. The molecule has 0 radical (unpaired) electrons. The highest BCUT2D eigenvalue weighted by Crippen LogP contribution is 2.44. The zero-order valence-electron chi connectivity index (χ0n) is 18.1. The molecule has 168 valence electrons. The number of methoxy groups -OCH3 is 2. The van der Waals surface area contributed by atoms with Crippen LogP contribution in [-0.2, 0) is 19.1 Å². The number of carbonyl (C=O) groups is 2. The lowest BCUT2D eigenvalue weighted by atomic mass is 9.80. The van der Waals surface area contributed by atoms with Gasteiger partial charge in [-0.1, -0.05) is 36.4 Å². The molecule has 0 spiro atoms. The molecule has 2 N–H and O–H groups in total. The number of nitro groups is 1. The SMILES string of the molecule is COC(=O)C1=C(C(=O)OC)N(c2cccc([N+](=O)[O-])c2C)C(N)=C(C#N)C1c1ccccc1. The van der Waals surface area contributed by atoms with Crippen LogP contribution in [0.4, 0.5) is 11.4 Å². The highest BCUT2D eigenvalue weighted by Gasteiger charge is 2.43. The molecule has 3 rings (SSSR count). The van der Waals surface area contributed by atoms with Crippen LogP contribution in [-0.4, -0.2) is 31.1 Å². The second kappa shape index (κ2) is 9.23. The topological polar surface area (TPSA) is 149 Å². The summed E-state index contributed by atoms with van der Waals surface area (Å²) in [6.45, 7) is 1.47. The molecule has 0 bridgehead atoms. The standard InChI is InChI=1S/C23H20N4O6/c1-13-16(10-7-11-17(13)27(30)31)26-20(23(29)33-3)19(22(28)32-2)18(15(12-24)21(26)25)14-8-5-4-6-9-14/h4-11,18H,25H2,1-3H3. The number of hydrogen-bond acceptors (Lipinski definition) is 9. The predicted octanol–water partition coefficient (Wildman–Crippen LogP) is 2.80. The van der Waals surface area contributed by atoms with Gasteiger partial charge >= 0.3 is 11.9 Å². The molecule has 0 fully saturated rings. The molecule has 2 aromatic rings. The van der Waals surface area contributed by atoms with E-state index in [0.29, 0.717) is 5.56 Å². The van der Waals surface area contributed by atoms with Gasteiger partial charge in [-0.05, 0) is 18.6 Å². The average molecular weight is 448 g/mol. The van der Waals surface area contributed by atoms with Crippen molar-refractivity contribution < 1.29 is 24.0 Å². The van der Waals surface area contributed by atoms with Crippen LogP contribution in [0.25, 0.3) is 0 Å². The Morgan fingerprint density at radius 3 is 2.27 bits per heavy atom.